The molecule has 2 bridgehead atoms. The highest BCUT2D eigenvalue weighted by atomic mass is 16.5. The van der Waals surface area contributed by atoms with Crippen molar-refractivity contribution in [2.24, 2.45) is 0 Å². The maximum absolute atomic E-state index is 12.7. The van der Waals surface area contributed by atoms with E-state index >= 15 is 0 Å². The van der Waals surface area contributed by atoms with Crippen LogP contribution in [0.3, 0.4) is 0 Å². The Morgan fingerprint density at radius 3 is 2.79 bits per heavy atom. The van der Waals surface area contributed by atoms with Gasteiger partial charge in [0.2, 0.25) is 5.91 Å². The van der Waals surface area contributed by atoms with E-state index in [2.05, 4.69) is 15.1 Å². The molecule has 0 spiro atoms. The van der Waals surface area contributed by atoms with Crippen molar-refractivity contribution in [2.75, 3.05) is 46.9 Å². The van der Waals surface area contributed by atoms with Crippen LogP contribution in [0.4, 0.5) is 0 Å². The molecule has 1 aromatic carbocycles. The molecule has 6 nitrogen and oxygen atoms in total. The summed E-state index contributed by atoms with van der Waals surface area (Å²) in [6.45, 7) is 7.54. The summed E-state index contributed by atoms with van der Waals surface area (Å²) in [6, 6.07) is 3.84. The average molecular weight is 333 g/mol. The Labute approximate surface area is 143 Å². The SMILES string of the molecule is COc1ccc(CNC(=O)C2CN3CCCN2CC3)c(C)c1OC. The molecule has 1 aromatic rings. The quantitative estimate of drug-likeness (QED) is 0.872. The zero-order valence-electron chi connectivity index (χ0n) is 14.8. The Morgan fingerprint density at radius 2 is 2.04 bits per heavy atom. The third kappa shape index (κ3) is 3.35. The Bertz CT molecular complexity index is 601. The highest BCUT2D eigenvalue weighted by molar-refractivity contribution is 5.82. The number of nitrogens with one attached hydrogen (secondary N) is 1. The molecule has 24 heavy (non-hydrogen) atoms. The monoisotopic (exact) mass is 333 g/mol. The number of fused-ring (bicyclic) bond motifs is 4. The molecular formula is C18H27N3O3. The van der Waals surface area contributed by atoms with Crippen molar-refractivity contribution in [3.63, 3.8) is 0 Å². The van der Waals surface area contributed by atoms with Gasteiger partial charge in [-0.05, 0) is 37.1 Å². The molecule has 0 aliphatic carbocycles. The van der Waals surface area contributed by atoms with Crippen LogP contribution in [0, 0.1) is 6.92 Å². The fraction of sp³-hybridized carbons (Fsp3) is 0.611. The van der Waals surface area contributed by atoms with Gasteiger partial charge in [0.1, 0.15) is 6.04 Å². The molecular weight excluding hydrogens is 306 g/mol. The van der Waals surface area contributed by atoms with Crippen molar-refractivity contribution in [3.05, 3.63) is 23.3 Å². The van der Waals surface area contributed by atoms with Crippen molar-refractivity contribution >= 4 is 5.91 Å². The zero-order chi connectivity index (χ0) is 17.1. The number of nitrogens with zero attached hydrogens (tertiary/aromatic N) is 2. The van der Waals surface area contributed by atoms with E-state index < -0.39 is 0 Å². The summed E-state index contributed by atoms with van der Waals surface area (Å²) in [6.07, 6.45) is 1.15. The van der Waals surface area contributed by atoms with Gasteiger partial charge in [-0.3, -0.25) is 14.6 Å². The first-order chi connectivity index (χ1) is 11.6. The largest absolute Gasteiger partial charge is 0.493 e. The van der Waals surface area contributed by atoms with Crippen molar-refractivity contribution in [2.45, 2.75) is 25.9 Å². The summed E-state index contributed by atoms with van der Waals surface area (Å²) in [5.74, 6) is 1.56. The van der Waals surface area contributed by atoms with Crippen LogP contribution in [0.5, 0.6) is 11.5 Å². The first-order valence-electron chi connectivity index (χ1n) is 8.58. The second kappa shape index (κ2) is 7.40. The number of methoxy groups -OCH3 is 2. The molecule has 6 heteroatoms. The van der Waals surface area contributed by atoms with Crippen LogP contribution in [0.15, 0.2) is 12.1 Å². The van der Waals surface area contributed by atoms with Crippen LogP contribution in [-0.2, 0) is 11.3 Å². The summed E-state index contributed by atoms with van der Waals surface area (Å²) >= 11 is 0. The fourth-order valence-electron chi connectivity index (χ4n) is 3.71. The zero-order valence-corrected chi connectivity index (χ0v) is 14.8. The normalized spacial score (nSPS) is 25.9. The summed E-state index contributed by atoms with van der Waals surface area (Å²) in [4.78, 5) is 17.4. The van der Waals surface area contributed by atoms with Crippen molar-refractivity contribution in [1.29, 1.82) is 0 Å². The second-order valence-corrected chi connectivity index (χ2v) is 6.51. The van der Waals surface area contributed by atoms with E-state index in [0.29, 0.717) is 12.3 Å². The molecule has 0 aromatic heterocycles. The minimum atomic E-state index is -0.0262. The van der Waals surface area contributed by atoms with Crippen LogP contribution in [0.2, 0.25) is 0 Å². The molecule has 3 fully saturated rings. The van der Waals surface area contributed by atoms with E-state index in [9.17, 15) is 4.79 Å². The van der Waals surface area contributed by atoms with Gasteiger partial charge in [0.25, 0.3) is 0 Å². The lowest BCUT2D eigenvalue weighted by Gasteiger charge is -2.36. The fourth-order valence-corrected chi connectivity index (χ4v) is 3.71. The lowest BCUT2D eigenvalue weighted by atomic mass is 10.1. The third-order valence-electron chi connectivity index (χ3n) is 5.16. The number of rotatable bonds is 5. The first-order valence-corrected chi connectivity index (χ1v) is 8.58. The average Bonchev–Trinajstić information content (AvgIpc) is 2.95. The van der Waals surface area contributed by atoms with Crippen LogP contribution in [-0.4, -0.2) is 68.7 Å². The topological polar surface area (TPSA) is 54.0 Å². The summed E-state index contributed by atoms with van der Waals surface area (Å²) in [5.41, 5.74) is 2.05. The van der Waals surface area contributed by atoms with Crippen LogP contribution < -0.4 is 14.8 Å². The second-order valence-electron chi connectivity index (χ2n) is 6.51. The van der Waals surface area contributed by atoms with E-state index in [1.54, 1.807) is 14.2 Å². The summed E-state index contributed by atoms with van der Waals surface area (Å²) in [5, 5.41) is 3.11. The molecule has 1 N–H and O–H groups in total. The minimum absolute atomic E-state index is 0.0262. The van der Waals surface area contributed by atoms with E-state index in [0.717, 1.165) is 56.0 Å². The predicted molar refractivity (Wildman–Crippen MR) is 92.5 cm³/mol. The molecule has 3 atom stereocenters. The number of hydrogen-bond acceptors (Lipinski definition) is 5. The Hall–Kier alpha value is -1.79. The molecule has 0 saturated carbocycles. The number of benzene rings is 1. The van der Waals surface area contributed by atoms with Gasteiger partial charge in [-0.15, -0.1) is 0 Å². The van der Waals surface area contributed by atoms with Gasteiger partial charge in [-0.25, -0.2) is 0 Å². The van der Waals surface area contributed by atoms with E-state index in [4.69, 9.17) is 9.47 Å². The Balaban J connectivity index is 1.66. The van der Waals surface area contributed by atoms with Crippen LogP contribution >= 0.6 is 0 Å². The molecule has 132 valence electrons. The van der Waals surface area contributed by atoms with Gasteiger partial charge in [-0.1, -0.05) is 6.07 Å². The smallest absolute Gasteiger partial charge is 0.238 e. The molecule has 1 amide bonds. The lowest BCUT2D eigenvalue weighted by Crippen LogP contribution is -2.56. The van der Waals surface area contributed by atoms with Gasteiger partial charge in [0.15, 0.2) is 11.5 Å². The molecule has 3 unspecified atom stereocenters. The standard InChI is InChI=1S/C18H27N3O3/c1-13-14(5-6-16(23-2)17(13)24-3)11-19-18(22)15-12-20-7-4-8-21(15)10-9-20/h5-6,15H,4,7-12H2,1-3H3,(H,19,22). The van der Waals surface area contributed by atoms with Gasteiger partial charge in [0.05, 0.1) is 14.2 Å². The van der Waals surface area contributed by atoms with Crippen molar-refractivity contribution in [1.82, 2.24) is 15.1 Å². The minimum Gasteiger partial charge on any atom is -0.493 e. The Kier molecular flexibility index (Phi) is 5.26. The molecule has 3 aliphatic heterocycles. The highest BCUT2D eigenvalue weighted by Crippen LogP contribution is 2.32. The molecule has 3 aliphatic rings. The number of amides is 1. The highest BCUT2D eigenvalue weighted by Gasteiger charge is 2.34. The first kappa shape index (κ1) is 17.0. The number of carbonyl (C=O) groups excluding carboxylic acids is 1. The van der Waals surface area contributed by atoms with E-state index in [1.807, 2.05) is 19.1 Å². The third-order valence-corrected chi connectivity index (χ3v) is 5.16. The maximum atomic E-state index is 12.7. The molecule has 0 radical (unpaired) electrons. The molecule has 3 saturated heterocycles. The van der Waals surface area contributed by atoms with Gasteiger partial charge < -0.3 is 14.8 Å². The van der Waals surface area contributed by atoms with Gasteiger partial charge >= 0.3 is 0 Å². The summed E-state index contributed by atoms with van der Waals surface area (Å²) in [7, 11) is 3.26. The van der Waals surface area contributed by atoms with Crippen molar-refractivity contribution in [3.8, 4) is 11.5 Å². The molecule has 4 rings (SSSR count). The Morgan fingerprint density at radius 1 is 1.21 bits per heavy atom. The van der Waals surface area contributed by atoms with Gasteiger partial charge in [-0.2, -0.15) is 0 Å². The lowest BCUT2D eigenvalue weighted by molar-refractivity contribution is -0.128. The van der Waals surface area contributed by atoms with E-state index in [1.165, 1.54) is 0 Å². The van der Waals surface area contributed by atoms with Crippen LogP contribution in [0.25, 0.3) is 0 Å². The maximum Gasteiger partial charge on any atom is 0.238 e. The van der Waals surface area contributed by atoms with E-state index in [-0.39, 0.29) is 11.9 Å². The molecule has 3 heterocycles. The number of piperazine rings is 1. The number of hydrogen-bond donors (Lipinski definition) is 1. The number of ether oxygens (including phenoxy) is 2. The van der Waals surface area contributed by atoms with Crippen LogP contribution in [0.1, 0.15) is 17.5 Å². The summed E-state index contributed by atoms with van der Waals surface area (Å²) < 4.78 is 10.8. The predicted octanol–water partition coefficient (Wildman–Crippen LogP) is 1.02. The number of carbonyl (C=O) groups is 1. The van der Waals surface area contributed by atoms with Gasteiger partial charge in [0, 0.05) is 32.7 Å². The van der Waals surface area contributed by atoms with Crippen molar-refractivity contribution < 1.29 is 14.3 Å².